The molecule has 0 spiro atoms. The van der Waals surface area contributed by atoms with Gasteiger partial charge in [0.15, 0.2) is 0 Å². The van der Waals surface area contributed by atoms with Crippen molar-refractivity contribution in [2.75, 3.05) is 0 Å². The van der Waals surface area contributed by atoms with Crippen LogP contribution in [0.2, 0.25) is 0 Å². The Kier molecular flexibility index (Phi) is 6.27. The molecule has 0 heteroatoms. The van der Waals surface area contributed by atoms with Crippen molar-refractivity contribution in [3.8, 4) is 22.3 Å². The van der Waals surface area contributed by atoms with Crippen molar-refractivity contribution in [2.45, 2.75) is 38.0 Å². The summed E-state index contributed by atoms with van der Waals surface area (Å²) in [6.07, 6.45) is 2.45. The van der Waals surface area contributed by atoms with Gasteiger partial charge in [-0.3, -0.25) is 0 Å². The lowest BCUT2D eigenvalue weighted by Gasteiger charge is -2.47. The average molecular weight is 565 g/mol. The molecule has 8 rings (SSSR count). The number of allylic oxidation sites excluding steroid dienone is 1. The molecule has 6 aromatic rings. The van der Waals surface area contributed by atoms with Crippen molar-refractivity contribution in [1.82, 2.24) is 0 Å². The van der Waals surface area contributed by atoms with Gasteiger partial charge >= 0.3 is 0 Å². The predicted molar refractivity (Wildman–Crippen MR) is 185 cm³/mol. The Bertz CT molecular complexity index is 1940. The van der Waals surface area contributed by atoms with Crippen LogP contribution < -0.4 is 0 Å². The Labute approximate surface area is 261 Å². The fourth-order valence-electron chi connectivity index (χ4n) is 8.37. The third-order valence-corrected chi connectivity index (χ3v) is 10.1. The zero-order valence-corrected chi connectivity index (χ0v) is 25.6. The van der Waals surface area contributed by atoms with Crippen molar-refractivity contribution in [3.05, 3.63) is 196 Å². The number of aryl methyl sites for hydroxylation is 2. The molecule has 0 heterocycles. The number of hydrogen-bond acceptors (Lipinski definition) is 0. The molecule has 0 aromatic heterocycles. The first-order chi connectivity index (χ1) is 21.6. The summed E-state index contributed by atoms with van der Waals surface area (Å²) >= 11 is 0. The molecule has 0 fully saturated rings. The van der Waals surface area contributed by atoms with E-state index in [1.807, 2.05) is 0 Å². The van der Waals surface area contributed by atoms with Crippen LogP contribution in [0.4, 0.5) is 0 Å². The fourth-order valence-corrected chi connectivity index (χ4v) is 8.37. The Morgan fingerprint density at radius 2 is 0.955 bits per heavy atom. The Morgan fingerprint density at radius 3 is 1.50 bits per heavy atom. The van der Waals surface area contributed by atoms with E-state index in [1.165, 1.54) is 72.3 Å². The molecule has 0 radical (unpaired) electrons. The van der Waals surface area contributed by atoms with Crippen molar-refractivity contribution in [3.63, 3.8) is 0 Å². The van der Waals surface area contributed by atoms with E-state index in [1.54, 1.807) is 0 Å². The molecular weight excluding hydrogens is 528 g/mol. The second kappa shape index (κ2) is 10.4. The Balaban J connectivity index is 1.48. The number of benzene rings is 6. The van der Waals surface area contributed by atoms with Crippen LogP contribution in [0.3, 0.4) is 0 Å². The first kappa shape index (κ1) is 26.7. The van der Waals surface area contributed by atoms with Crippen LogP contribution in [0.15, 0.2) is 151 Å². The van der Waals surface area contributed by atoms with Gasteiger partial charge in [0.2, 0.25) is 0 Å². The summed E-state index contributed by atoms with van der Waals surface area (Å²) < 4.78 is 0. The lowest BCUT2D eigenvalue weighted by molar-refractivity contribution is 0.405. The third kappa shape index (κ3) is 3.98. The molecule has 0 N–H and O–H groups in total. The second-order valence-corrected chi connectivity index (χ2v) is 12.7. The molecule has 212 valence electrons. The van der Waals surface area contributed by atoms with Gasteiger partial charge < -0.3 is 0 Å². The number of rotatable bonds is 5. The fraction of sp³-hybridized carbons (Fsp3) is 0.136. The molecule has 2 aliphatic carbocycles. The topological polar surface area (TPSA) is 0 Å². The van der Waals surface area contributed by atoms with Crippen LogP contribution in [0, 0.1) is 13.8 Å². The van der Waals surface area contributed by atoms with Crippen molar-refractivity contribution >= 4 is 6.08 Å². The molecule has 0 saturated carbocycles. The number of fused-ring (bicyclic) bond motifs is 4. The van der Waals surface area contributed by atoms with E-state index in [9.17, 15) is 0 Å². The van der Waals surface area contributed by atoms with Gasteiger partial charge in [-0.2, -0.15) is 0 Å². The molecule has 2 aliphatic rings. The lowest BCUT2D eigenvalue weighted by atomic mass is 9.54. The monoisotopic (exact) mass is 564 g/mol. The van der Waals surface area contributed by atoms with Crippen LogP contribution in [0.5, 0.6) is 0 Å². The Morgan fingerprint density at radius 1 is 0.432 bits per heavy atom. The molecule has 6 aromatic carbocycles. The maximum absolute atomic E-state index is 2.46. The number of hydrogen-bond donors (Lipinski definition) is 0. The summed E-state index contributed by atoms with van der Waals surface area (Å²) in [5.41, 5.74) is 17.2. The van der Waals surface area contributed by atoms with E-state index in [4.69, 9.17) is 0 Å². The van der Waals surface area contributed by atoms with Crippen molar-refractivity contribution < 1.29 is 0 Å². The lowest BCUT2D eigenvalue weighted by Crippen LogP contribution is -2.41. The van der Waals surface area contributed by atoms with Gasteiger partial charge in [0.05, 0.1) is 0 Å². The van der Waals surface area contributed by atoms with Gasteiger partial charge in [0.25, 0.3) is 0 Å². The maximum Gasteiger partial charge on any atom is 0.0418 e. The minimum atomic E-state index is -0.385. The maximum atomic E-state index is 2.46. The Hall–Kier alpha value is -4.94. The quantitative estimate of drug-likeness (QED) is 0.195. The van der Waals surface area contributed by atoms with E-state index < -0.39 is 0 Å². The van der Waals surface area contributed by atoms with Crippen LogP contribution in [0.25, 0.3) is 28.3 Å². The summed E-state index contributed by atoms with van der Waals surface area (Å²) in [4.78, 5) is 0. The first-order valence-electron chi connectivity index (χ1n) is 15.8. The second-order valence-electron chi connectivity index (χ2n) is 12.7. The molecule has 0 bridgehead atoms. The molecule has 0 nitrogen and oxygen atoms in total. The first-order valence-corrected chi connectivity index (χ1v) is 15.8. The zero-order chi connectivity index (χ0) is 29.8. The third-order valence-electron chi connectivity index (χ3n) is 10.1. The predicted octanol–water partition coefficient (Wildman–Crippen LogP) is 11.3. The van der Waals surface area contributed by atoms with Gasteiger partial charge in [-0.05, 0) is 82.5 Å². The van der Waals surface area contributed by atoms with Gasteiger partial charge in [-0.25, -0.2) is 0 Å². The van der Waals surface area contributed by atoms with Crippen LogP contribution in [-0.4, -0.2) is 0 Å². The standard InChI is InChI=1S/C44H36/c1-29-19-22-38-39-23-20-30(2)26-41(39)43(40(38)25-29)44(35-15-9-5-10-16-35,36-17-11-6-12-18-36)42-31(3)27-34-28-33(21-24-37(34)42)32-13-7-4-8-14-32/h4-28,42-43H,1-3H3. The van der Waals surface area contributed by atoms with Gasteiger partial charge in [0.1, 0.15) is 0 Å². The van der Waals surface area contributed by atoms with Crippen molar-refractivity contribution in [1.29, 1.82) is 0 Å². The van der Waals surface area contributed by atoms with Gasteiger partial charge in [-0.1, -0.05) is 162 Å². The van der Waals surface area contributed by atoms with E-state index in [0.29, 0.717) is 0 Å². The molecule has 1 unspecified atom stereocenters. The van der Waals surface area contributed by atoms with E-state index in [0.717, 1.165) is 0 Å². The molecule has 44 heavy (non-hydrogen) atoms. The smallest absolute Gasteiger partial charge is 0.0418 e. The minimum absolute atomic E-state index is 0.130. The highest BCUT2D eigenvalue weighted by Gasteiger charge is 2.54. The largest absolute Gasteiger partial charge is 0.0639 e. The van der Waals surface area contributed by atoms with Gasteiger partial charge in [0, 0.05) is 17.3 Å². The van der Waals surface area contributed by atoms with E-state index >= 15 is 0 Å². The normalized spacial score (nSPS) is 15.4. The van der Waals surface area contributed by atoms with Crippen LogP contribution >= 0.6 is 0 Å². The highest BCUT2D eigenvalue weighted by Crippen LogP contribution is 2.64. The summed E-state index contributed by atoms with van der Waals surface area (Å²) in [6, 6.07) is 54.8. The van der Waals surface area contributed by atoms with Gasteiger partial charge in [-0.15, -0.1) is 0 Å². The SMILES string of the molecule is CC1=Cc2cc(-c3ccccc3)ccc2C1C(c1ccccc1)(c1ccccc1)C1c2cc(C)ccc2-c2ccc(C)cc21. The average Bonchev–Trinajstić information content (AvgIpc) is 3.56. The van der Waals surface area contributed by atoms with E-state index in [2.05, 4.69) is 172 Å². The summed E-state index contributed by atoms with van der Waals surface area (Å²) in [5.74, 6) is 0.280. The van der Waals surface area contributed by atoms with Crippen molar-refractivity contribution in [2.24, 2.45) is 0 Å². The van der Waals surface area contributed by atoms with E-state index in [-0.39, 0.29) is 17.3 Å². The highest BCUT2D eigenvalue weighted by molar-refractivity contribution is 5.83. The molecule has 0 aliphatic heterocycles. The van der Waals surface area contributed by atoms with Crippen LogP contribution in [0.1, 0.15) is 63.3 Å². The summed E-state index contributed by atoms with van der Waals surface area (Å²) in [5, 5.41) is 0. The summed E-state index contributed by atoms with van der Waals surface area (Å²) in [7, 11) is 0. The minimum Gasteiger partial charge on any atom is -0.0639 e. The molecule has 0 amide bonds. The molecule has 0 saturated heterocycles. The highest BCUT2D eigenvalue weighted by atomic mass is 14.6. The molecular formula is C44H36. The van der Waals surface area contributed by atoms with Crippen LogP contribution in [-0.2, 0) is 5.41 Å². The summed E-state index contributed by atoms with van der Waals surface area (Å²) in [6.45, 7) is 6.83. The molecule has 1 atom stereocenters. The zero-order valence-electron chi connectivity index (χ0n) is 25.6.